The summed E-state index contributed by atoms with van der Waals surface area (Å²) in [6.45, 7) is 3.16. The molecule has 2 fully saturated rings. The number of hydrogen-bond acceptors (Lipinski definition) is 4. The number of rotatable bonds is 6. The van der Waals surface area contributed by atoms with Crippen LogP contribution in [0.3, 0.4) is 0 Å². The van der Waals surface area contributed by atoms with E-state index in [-0.39, 0.29) is 24.2 Å². The topological polar surface area (TPSA) is 76.5 Å². The Kier molecular flexibility index (Phi) is 4.59. The Labute approximate surface area is 158 Å². The summed E-state index contributed by atoms with van der Waals surface area (Å²) in [6, 6.07) is 7.31. The maximum atomic E-state index is 12.8. The third kappa shape index (κ3) is 3.67. The van der Waals surface area contributed by atoms with E-state index in [4.69, 9.17) is 4.74 Å². The molecule has 2 amide bonds. The van der Waals surface area contributed by atoms with Crippen molar-refractivity contribution in [3.8, 4) is 5.75 Å². The Bertz CT molecular complexity index is 855. The molecule has 1 N–H and O–H groups in total. The van der Waals surface area contributed by atoms with Crippen LogP contribution in [0.25, 0.3) is 0 Å². The van der Waals surface area contributed by atoms with Crippen LogP contribution in [-0.4, -0.2) is 35.2 Å². The zero-order valence-corrected chi connectivity index (χ0v) is 15.6. The van der Waals surface area contributed by atoms with E-state index in [1.807, 2.05) is 35.9 Å². The molecule has 0 bridgehead atoms. The second-order valence-electron chi connectivity index (χ2n) is 7.39. The van der Waals surface area contributed by atoms with Gasteiger partial charge < -0.3 is 15.0 Å². The van der Waals surface area contributed by atoms with Crippen molar-refractivity contribution in [2.45, 2.75) is 32.7 Å². The number of nitrogens with zero attached hydrogens (tertiary/aromatic N) is 3. The summed E-state index contributed by atoms with van der Waals surface area (Å²) in [4.78, 5) is 26.9. The Morgan fingerprint density at radius 1 is 1.30 bits per heavy atom. The lowest BCUT2D eigenvalue weighted by Gasteiger charge is -2.17. The highest BCUT2D eigenvalue weighted by molar-refractivity contribution is 6.03. The number of carbonyl (C=O) groups excluding carboxylic acids is 2. The van der Waals surface area contributed by atoms with Crippen LogP contribution >= 0.6 is 0 Å². The minimum absolute atomic E-state index is 0.0384. The van der Waals surface area contributed by atoms with E-state index in [0.717, 1.165) is 29.4 Å². The molecule has 1 aromatic heterocycles. The van der Waals surface area contributed by atoms with Gasteiger partial charge in [-0.1, -0.05) is 0 Å². The van der Waals surface area contributed by atoms with E-state index in [9.17, 15) is 9.59 Å². The molecule has 7 nitrogen and oxygen atoms in total. The van der Waals surface area contributed by atoms with Crippen molar-refractivity contribution in [2.75, 3.05) is 23.9 Å². The molecule has 1 saturated carbocycles. The summed E-state index contributed by atoms with van der Waals surface area (Å²) in [6.07, 6.45) is 4.44. The van der Waals surface area contributed by atoms with Gasteiger partial charge in [0.25, 0.3) is 0 Å². The molecule has 27 heavy (non-hydrogen) atoms. The summed E-state index contributed by atoms with van der Waals surface area (Å²) in [5.41, 5.74) is 1.73. The van der Waals surface area contributed by atoms with Crippen LogP contribution in [0.2, 0.25) is 0 Å². The molecular weight excluding hydrogens is 344 g/mol. The van der Waals surface area contributed by atoms with Crippen molar-refractivity contribution >= 4 is 23.3 Å². The number of benzene rings is 1. The Balaban J connectivity index is 1.44. The number of aryl methyl sites for hydroxylation is 1. The number of amides is 2. The molecule has 1 saturated heterocycles. The average Bonchev–Trinajstić information content (AvgIpc) is 3.32. The minimum Gasteiger partial charge on any atom is -0.497 e. The SMILES string of the molecule is COc1ccc(N2CC(C(=O)Nc3c(C)cnn3CC3CC3)CC2=O)cc1. The molecule has 2 aromatic rings. The van der Waals surface area contributed by atoms with Gasteiger partial charge in [-0.25, -0.2) is 4.68 Å². The molecule has 7 heteroatoms. The predicted molar refractivity (Wildman–Crippen MR) is 102 cm³/mol. The molecule has 1 unspecified atom stereocenters. The average molecular weight is 368 g/mol. The van der Waals surface area contributed by atoms with E-state index >= 15 is 0 Å². The van der Waals surface area contributed by atoms with Crippen LogP contribution in [0.4, 0.5) is 11.5 Å². The number of aromatic nitrogens is 2. The van der Waals surface area contributed by atoms with Gasteiger partial charge in [0.1, 0.15) is 11.6 Å². The van der Waals surface area contributed by atoms with Crippen molar-refractivity contribution in [1.29, 1.82) is 0 Å². The molecule has 2 aliphatic rings. The highest BCUT2D eigenvalue weighted by atomic mass is 16.5. The second-order valence-corrected chi connectivity index (χ2v) is 7.39. The van der Waals surface area contributed by atoms with Crippen LogP contribution in [0.15, 0.2) is 30.5 Å². The number of nitrogens with one attached hydrogen (secondary N) is 1. The summed E-state index contributed by atoms with van der Waals surface area (Å²) in [7, 11) is 1.60. The van der Waals surface area contributed by atoms with E-state index in [2.05, 4.69) is 10.4 Å². The molecule has 2 heterocycles. The molecule has 1 atom stereocenters. The zero-order chi connectivity index (χ0) is 19.0. The lowest BCUT2D eigenvalue weighted by Crippen LogP contribution is -2.29. The Hall–Kier alpha value is -2.83. The fourth-order valence-corrected chi connectivity index (χ4v) is 3.44. The van der Waals surface area contributed by atoms with Gasteiger partial charge in [0.05, 0.1) is 19.2 Å². The number of carbonyl (C=O) groups is 2. The fraction of sp³-hybridized carbons (Fsp3) is 0.450. The van der Waals surface area contributed by atoms with Crippen LogP contribution in [0.1, 0.15) is 24.8 Å². The van der Waals surface area contributed by atoms with Crippen LogP contribution < -0.4 is 15.0 Å². The third-order valence-electron chi connectivity index (χ3n) is 5.27. The van der Waals surface area contributed by atoms with E-state index < -0.39 is 0 Å². The number of anilines is 2. The van der Waals surface area contributed by atoms with E-state index in [0.29, 0.717) is 12.5 Å². The van der Waals surface area contributed by atoms with Gasteiger partial charge in [0.15, 0.2) is 0 Å². The van der Waals surface area contributed by atoms with Crippen molar-refractivity contribution in [2.24, 2.45) is 11.8 Å². The molecule has 142 valence electrons. The lowest BCUT2D eigenvalue weighted by molar-refractivity contribution is -0.122. The van der Waals surface area contributed by atoms with Gasteiger partial charge in [0.2, 0.25) is 11.8 Å². The van der Waals surface area contributed by atoms with Gasteiger partial charge in [0, 0.05) is 30.8 Å². The smallest absolute Gasteiger partial charge is 0.230 e. The van der Waals surface area contributed by atoms with Crippen LogP contribution in [0.5, 0.6) is 5.75 Å². The standard InChI is InChI=1S/C20H24N4O3/c1-13-10-21-24(11-14-3-4-14)19(13)22-20(26)15-9-18(25)23(12-15)16-5-7-17(27-2)8-6-16/h5-8,10,14-15H,3-4,9,11-12H2,1-2H3,(H,22,26). The first-order chi connectivity index (χ1) is 13.0. The first-order valence-corrected chi connectivity index (χ1v) is 9.33. The Morgan fingerprint density at radius 3 is 2.70 bits per heavy atom. The quantitative estimate of drug-likeness (QED) is 0.850. The predicted octanol–water partition coefficient (Wildman–Crippen LogP) is 2.60. The highest BCUT2D eigenvalue weighted by Gasteiger charge is 2.36. The zero-order valence-electron chi connectivity index (χ0n) is 15.6. The maximum Gasteiger partial charge on any atom is 0.230 e. The Morgan fingerprint density at radius 2 is 2.04 bits per heavy atom. The molecule has 1 aliphatic carbocycles. The van der Waals surface area contributed by atoms with Gasteiger partial charge in [-0.3, -0.25) is 9.59 Å². The highest BCUT2D eigenvalue weighted by Crippen LogP contribution is 2.32. The summed E-state index contributed by atoms with van der Waals surface area (Å²) < 4.78 is 7.03. The second kappa shape index (κ2) is 7.06. The molecule has 1 aliphatic heterocycles. The molecule has 4 rings (SSSR count). The largest absolute Gasteiger partial charge is 0.497 e. The lowest BCUT2D eigenvalue weighted by atomic mass is 10.1. The van der Waals surface area contributed by atoms with Crippen molar-refractivity contribution in [1.82, 2.24) is 9.78 Å². The first kappa shape index (κ1) is 17.6. The van der Waals surface area contributed by atoms with Crippen LogP contribution in [0, 0.1) is 18.8 Å². The normalized spacial score (nSPS) is 19.4. The molecule has 1 aromatic carbocycles. The van der Waals surface area contributed by atoms with Gasteiger partial charge >= 0.3 is 0 Å². The number of methoxy groups -OCH3 is 1. The first-order valence-electron chi connectivity index (χ1n) is 9.33. The van der Waals surface area contributed by atoms with Crippen molar-refractivity contribution in [3.05, 3.63) is 36.0 Å². The fourth-order valence-electron chi connectivity index (χ4n) is 3.44. The number of ether oxygens (including phenoxy) is 1. The molecular formula is C20H24N4O3. The molecule has 0 spiro atoms. The molecule has 0 radical (unpaired) electrons. The van der Waals surface area contributed by atoms with Crippen LogP contribution in [-0.2, 0) is 16.1 Å². The van der Waals surface area contributed by atoms with Crippen molar-refractivity contribution < 1.29 is 14.3 Å². The van der Waals surface area contributed by atoms with E-state index in [1.165, 1.54) is 12.8 Å². The van der Waals surface area contributed by atoms with E-state index in [1.54, 1.807) is 18.2 Å². The van der Waals surface area contributed by atoms with Gasteiger partial charge in [-0.2, -0.15) is 5.10 Å². The minimum atomic E-state index is -0.372. The number of hydrogen-bond donors (Lipinski definition) is 1. The third-order valence-corrected chi connectivity index (χ3v) is 5.27. The van der Waals surface area contributed by atoms with Crippen molar-refractivity contribution in [3.63, 3.8) is 0 Å². The summed E-state index contributed by atoms with van der Waals surface area (Å²) >= 11 is 0. The summed E-state index contributed by atoms with van der Waals surface area (Å²) in [5, 5.41) is 7.39. The van der Waals surface area contributed by atoms with Gasteiger partial charge in [-0.15, -0.1) is 0 Å². The van der Waals surface area contributed by atoms with Gasteiger partial charge in [-0.05, 0) is 49.9 Å². The summed E-state index contributed by atoms with van der Waals surface area (Å²) in [5.74, 6) is 1.62. The monoisotopic (exact) mass is 368 g/mol. The maximum absolute atomic E-state index is 12.8.